The van der Waals surface area contributed by atoms with Gasteiger partial charge in [0.15, 0.2) is 5.82 Å². The van der Waals surface area contributed by atoms with Crippen LogP contribution in [0.4, 0.5) is 5.82 Å². The molecule has 13 heavy (non-hydrogen) atoms. The standard InChI is InChI=1S/C7H13N3O2S/c1-5(2)6-4-7(9-8-6)10-13(3,11)12/h4-5H,1-3H3,(H2,8,9,10). The lowest BCUT2D eigenvalue weighted by Gasteiger charge is -1.97. The maximum atomic E-state index is 10.8. The molecule has 1 rings (SSSR count). The molecule has 0 saturated carbocycles. The van der Waals surface area contributed by atoms with Crippen LogP contribution in [-0.2, 0) is 10.0 Å². The minimum absolute atomic E-state index is 0.308. The van der Waals surface area contributed by atoms with E-state index in [1.54, 1.807) is 6.07 Å². The quantitative estimate of drug-likeness (QED) is 0.766. The van der Waals surface area contributed by atoms with Crippen LogP contribution in [0.15, 0.2) is 6.07 Å². The number of sulfonamides is 1. The molecule has 0 bridgehead atoms. The van der Waals surface area contributed by atoms with Crippen molar-refractivity contribution in [3.63, 3.8) is 0 Å². The molecule has 0 amide bonds. The molecule has 74 valence electrons. The maximum absolute atomic E-state index is 10.8. The molecule has 1 aromatic rings. The molecule has 0 spiro atoms. The van der Waals surface area contributed by atoms with E-state index in [-0.39, 0.29) is 0 Å². The molecule has 0 saturated heterocycles. The van der Waals surface area contributed by atoms with Crippen LogP contribution in [0.25, 0.3) is 0 Å². The van der Waals surface area contributed by atoms with Gasteiger partial charge in [0.05, 0.1) is 6.26 Å². The summed E-state index contributed by atoms with van der Waals surface area (Å²) < 4.78 is 23.9. The number of H-pyrrole nitrogens is 1. The molecular formula is C7H13N3O2S. The predicted octanol–water partition coefficient (Wildman–Crippen LogP) is 0.905. The van der Waals surface area contributed by atoms with Crippen molar-refractivity contribution in [2.75, 3.05) is 11.0 Å². The van der Waals surface area contributed by atoms with Crippen LogP contribution in [0.3, 0.4) is 0 Å². The number of hydrogen-bond donors (Lipinski definition) is 2. The summed E-state index contributed by atoms with van der Waals surface area (Å²) in [7, 11) is -3.22. The highest BCUT2D eigenvalue weighted by Crippen LogP contribution is 2.14. The summed E-state index contributed by atoms with van der Waals surface area (Å²) in [6, 6.07) is 1.69. The average Bonchev–Trinajstić information content (AvgIpc) is 2.31. The fourth-order valence-corrected chi connectivity index (χ4v) is 1.36. The minimum Gasteiger partial charge on any atom is -0.280 e. The Hall–Kier alpha value is -1.04. The number of anilines is 1. The van der Waals surface area contributed by atoms with Gasteiger partial charge in [-0.15, -0.1) is 0 Å². The number of aromatic nitrogens is 2. The topological polar surface area (TPSA) is 74.8 Å². The molecule has 0 fully saturated rings. The number of nitrogens with zero attached hydrogens (tertiary/aromatic N) is 1. The van der Waals surface area contributed by atoms with Crippen LogP contribution in [0, 0.1) is 0 Å². The van der Waals surface area contributed by atoms with Gasteiger partial charge in [-0.2, -0.15) is 5.10 Å². The molecule has 5 nitrogen and oxygen atoms in total. The van der Waals surface area contributed by atoms with Crippen molar-refractivity contribution in [1.29, 1.82) is 0 Å². The lowest BCUT2D eigenvalue weighted by Crippen LogP contribution is -2.09. The summed E-state index contributed by atoms with van der Waals surface area (Å²) >= 11 is 0. The van der Waals surface area contributed by atoms with Gasteiger partial charge in [-0.3, -0.25) is 9.82 Å². The summed E-state index contributed by atoms with van der Waals surface area (Å²) in [5.41, 5.74) is 0.908. The van der Waals surface area contributed by atoms with Crippen LogP contribution in [0.5, 0.6) is 0 Å². The van der Waals surface area contributed by atoms with Gasteiger partial charge in [-0.25, -0.2) is 8.42 Å². The van der Waals surface area contributed by atoms with E-state index in [0.29, 0.717) is 11.7 Å². The minimum atomic E-state index is -3.22. The molecule has 0 aliphatic carbocycles. The lowest BCUT2D eigenvalue weighted by atomic mass is 10.1. The first kappa shape index (κ1) is 10.0. The fraction of sp³-hybridized carbons (Fsp3) is 0.571. The van der Waals surface area contributed by atoms with Crippen molar-refractivity contribution in [3.05, 3.63) is 11.8 Å². The van der Waals surface area contributed by atoms with Gasteiger partial charge in [0.1, 0.15) is 0 Å². The highest BCUT2D eigenvalue weighted by atomic mass is 32.2. The third-order valence-electron chi connectivity index (χ3n) is 1.51. The van der Waals surface area contributed by atoms with E-state index in [0.717, 1.165) is 11.9 Å². The first-order chi connectivity index (χ1) is 5.88. The summed E-state index contributed by atoms with van der Waals surface area (Å²) in [4.78, 5) is 0. The third-order valence-corrected chi connectivity index (χ3v) is 2.09. The van der Waals surface area contributed by atoms with Gasteiger partial charge in [0.2, 0.25) is 10.0 Å². The van der Waals surface area contributed by atoms with Gasteiger partial charge in [0.25, 0.3) is 0 Å². The molecule has 0 radical (unpaired) electrons. The highest BCUT2D eigenvalue weighted by Gasteiger charge is 2.07. The largest absolute Gasteiger partial charge is 0.280 e. The molecule has 2 N–H and O–H groups in total. The summed E-state index contributed by atoms with van der Waals surface area (Å²) in [5.74, 6) is 0.647. The van der Waals surface area contributed by atoms with E-state index in [9.17, 15) is 8.42 Å². The second-order valence-corrected chi connectivity index (χ2v) is 4.99. The first-order valence-electron chi connectivity index (χ1n) is 3.91. The monoisotopic (exact) mass is 203 g/mol. The zero-order valence-corrected chi connectivity index (χ0v) is 8.64. The molecule has 0 aliphatic rings. The Morgan fingerprint density at radius 3 is 2.54 bits per heavy atom. The van der Waals surface area contributed by atoms with Crippen molar-refractivity contribution in [1.82, 2.24) is 10.2 Å². The van der Waals surface area contributed by atoms with E-state index < -0.39 is 10.0 Å². The lowest BCUT2D eigenvalue weighted by molar-refractivity contribution is 0.606. The molecule has 0 aromatic carbocycles. The molecular weight excluding hydrogens is 190 g/mol. The van der Waals surface area contributed by atoms with Gasteiger partial charge in [-0.05, 0) is 5.92 Å². The van der Waals surface area contributed by atoms with Gasteiger partial charge < -0.3 is 0 Å². The zero-order valence-electron chi connectivity index (χ0n) is 7.83. The molecule has 6 heteroatoms. The Bertz CT molecular complexity index is 380. The Morgan fingerprint density at radius 1 is 1.54 bits per heavy atom. The second-order valence-electron chi connectivity index (χ2n) is 3.24. The Labute approximate surface area is 77.6 Å². The second kappa shape index (κ2) is 3.37. The van der Waals surface area contributed by atoms with E-state index in [4.69, 9.17) is 0 Å². The summed E-state index contributed by atoms with van der Waals surface area (Å²) in [6.45, 7) is 4.00. The van der Waals surface area contributed by atoms with E-state index in [2.05, 4.69) is 14.9 Å². The van der Waals surface area contributed by atoms with Crippen LogP contribution in [-0.4, -0.2) is 24.9 Å². The Morgan fingerprint density at radius 2 is 2.15 bits per heavy atom. The SMILES string of the molecule is CC(C)c1cc(NS(C)(=O)=O)n[nH]1. The van der Waals surface area contributed by atoms with Crippen LogP contribution >= 0.6 is 0 Å². The number of aromatic amines is 1. The normalized spacial score (nSPS) is 12.0. The highest BCUT2D eigenvalue weighted by molar-refractivity contribution is 7.92. The summed E-state index contributed by atoms with van der Waals surface area (Å²) in [6.07, 6.45) is 1.09. The smallest absolute Gasteiger partial charge is 0.231 e. The Balaban J connectivity index is 2.81. The van der Waals surface area contributed by atoms with Crippen molar-refractivity contribution in [3.8, 4) is 0 Å². The third kappa shape index (κ3) is 3.06. The molecule has 1 heterocycles. The molecule has 0 atom stereocenters. The van der Waals surface area contributed by atoms with E-state index >= 15 is 0 Å². The van der Waals surface area contributed by atoms with Gasteiger partial charge in [-0.1, -0.05) is 13.8 Å². The van der Waals surface area contributed by atoms with Crippen LogP contribution in [0.1, 0.15) is 25.5 Å². The van der Waals surface area contributed by atoms with Crippen LogP contribution in [0.2, 0.25) is 0 Å². The van der Waals surface area contributed by atoms with Crippen molar-refractivity contribution in [2.45, 2.75) is 19.8 Å². The van der Waals surface area contributed by atoms with E-state index in [1.165, 1.54) is 0 Å². The fourth-order valence-electron chi connectivity index (χ4n) is 0.875. The van der Waals surface area contributed by atoms with Crippen molar-refractivity contribution in [2.24, 2.45) is 0 Å². The number of nitrogens with one attached hydrogen (secondary N) is 2. The molecule has 0 aliphatic heterocycles. The van der Waals surface area contributed by atoms with Crippen LogP contribution < -0.4 is 4.72 Å². The summed E-state index contributed by atoms with van der Waals surface area (Å²) in [5, 5.41) is 6.56. The van der Waals surface area contributed by atoms with Gasteiger partial charge in [0, 0.05) is 11.8 Å². The maximum Gasteiger partial charge on any atom is 0.231 e. The molecule has 1 aromatic heterocycles. The average molecular weight is 203 g/mol. The van der Waals surface area contributed by atoms with Crippen molar-refractivity contribution >= 4 is 15.8 Å². The van der Waals surface area contributed by atoms with E-state index in [1.807, 2.05) is 13.8 Å². The Kier molecular flexibility index (Phi) is 2.60. The molecule has 0 unspecified atom stereocenters. The first-order valence-corrected chi connectivity index (χ1v) is 5.81. The zero-order chi connectivity index (χ0) is 10.1. The number of hydrogen-bond acceptors (Lipinski definition) is 3. The number of rotatable bonds is 3. The van der Waals surface area contributed by atoms with Gasteiger partial charge >= 0.3 is 0 Å². The van der Waals surface area contributed by atoms with Crippen molar-refractivity contribution < 1.29 is 8.42 Å². The predicted molar refractivity (Wildman–Crippen MR) is 51.1 cm³/mol.